The van der Waals surface area contributed by atoms with E-state index in [1.54, 1.807) is 42.4 Å². The molecule has 2 aromatic carbocycles. The number of carbonyl (C=O) groups is 1. The molecule has 192 valence electrons. The Morgan fingerprint density at radius 3 is 2.78 bits per heavy atom. The van der Waals surface area contributed by atoms with Crippen LogP contribution in [-0.4, -0.2) is 75.8 Å². The van der Waals surface area contributed by atoms with Crippen LogP contribution in [0.15, 0.2) is 54.7 Å². The highest BCUT2D eigenvalue weighted by Crippen LogP contribution is 2.30. The predicted octanol–water partition coefficient (Wildman–Crippen LogP) is 1.76. The molecule has 0 saturated carbocycles. The highest BCUT2D eigenvalue weighted by atomic mass is 32.2. The molecule has 0 spiro atoms. The molecule has 1 aliphatic rings. The predicted molar refractivity (Wildman–Crippen MR) is 139 cm³/mol. The Kier molecular flexibility index (Phi) is 7.92. The van der Waals surface area contributed by atoms with E-state index >= 15 is 0 Å². The smallest absolute Gasteiger partial charge is 0.298 e. The molecule has 11 heteroatoms. The van der Waals surface area contributed by atoms with Gasteiger partial charge in [0.05, 0.1) is 17.3 Å². The maximum Gasteiger partial charge on any atom is 0.298 e. The summed E-state index contributed by atoms with van der Waals surface area (Å²) >= 11 is 0. The molecule has 0 unspecified atom stereocenters. The number of amides is 1. The van der Waals surface area contributed by atoms with Gasteiger partial charge in [-0.2, -0.15) is 8.42 Å². The molecule has 0 bridgehead atoms. The Labute approximate surface area is 211 Å². The van der Waals surface area contributed by atoms with Gasteiger partial charge in [-0.1, -0.05) is 18.2 Å². The summed E-state index contributed by atoms with van der Waals surface area (Å²) in [7, 11) is -0.660. The molecular weight excluding hydrogens is 482 g/mol. The lowest BCUT2D eigenvalue weighted by molar-refractivity contribution is -0.132. The number of para-hydroxylation sites is 1. The van der Waals surface area contributed by atoms with Crippen molar-refractivity contribution in [1.82, 2.24) is 14.6 Å². The number of nitrogens with zero attached hydrogens (tertiary/aromatic N) is 3. The van der Waals surface area contributed by atoms with Crippen molar-refractivity contribution in [3.63, 3.8) is 0 Å². The molecule has 3 N–H and O–H groups in total. The Morgan fingerprint density at radius 2 is 2.03 bits per heavy atom. The van der Waals surface area contributed by atoms with Gasteiger partial charge in [0.25, 0.3) is 16.1 Å². The van der Waals surface area contributed by atoms with Crippen LogP contribution in [-0.2, 0) is 21.4 Å². The van der Waals surface area contributed by atoms with Gasteiger partial charge in [-0.15, -0.1) is 0 Å². The van der Waals surface area contributed by atoms with Crippen molar-refractivity contribution < 1.29 is 23.1 Å². The number of hydrogen-bond acceptors (Lipinski definition) is 7. The first kappa shape index (κ1) is 25.7. The largest absolute Gasteiger partial charge is 0.483 e. The van der Waals surface area contributed by atoms with E-state index in [1.807, 2.05) is 12.1 Å². The summed E-state index contributed by atoms with van der Waals surface area (Å²) in [6, 6.07) is 14.7. The number of β-amino-alcohol motifs (C(OH)–C–C–N with tert-alkyl or cyclic N) is 1. The molecule has 1 atom stereocenters. The molecule has 1 aliphatic heterocycles. The van der Waals surface area contributed by atoms with E-state index in [4.69, 9.17) is 4.74 Å². The van der Waals surface area contributed by atoms with Crippen LogP contribution in [0, 0.1) is 0 Å². The lowest BCUT2D eigenvalue weighted by Crippen LogP contribution is -2.33. The Balaban J connectivity index is 1.39. The number of hydrogen-bond donors (Lipinski definition) is 3. The van der Waals surface area contributed by atoms with Crippen LogP contribution in [0.4, 0.5) is 11.4 Å². The van der Waals surface area contributed by atoms with Gasteiger partial charge in [-0.05, 0) is 48.7 Å². The second-order valence-electron chi connectivity index (χ2n) is 8.69. The van der Waals surface area contributed by atoms with Crippen LogP contribution in [0.5, 0.6) is 5.75 Å². The molecule has 1 saturated heterocycles. The van der Waals surface area contributed by atoms with Crippen LogP contribution >= 0.6 is 0 Å². The van der Waals surface area contributed by atoms with Gasteiger partial charge in [-0.3, -0.25) is 14.5 Å². The lowest BCUT2D eigenvalue weighted by atomic mass is 10.1. The number of anilines is 2. The monoisotopic (exact) mass is 513 g/mol. The van der Waals surface area contributed by atoms with Crippen LogP contribution in [0.25, 0.3) is 10.9 Å². The Bertz CT molecular complexity index is 1330. The highest BCUT2D eigenvalue weighted by molar-refractivity contribution is 7.90. The standard InChI is InChI=1S/C25H31N5O5S/c1-26-36(33,34)28-21-9-10-23(20-7-5-13-27-25(20)21)35-17-24(32)29(2)14-11-18-6-3-4-8-22(18)30-15-12-19(31)16-30/h3-10,13,19,26,28,31H,11-12,14-17H2,1-2H3/t19-/m0/s1. The van der Waals surface area contributed by atoms with Crippen molar-refractivity contribution in [2.45, 2.75) is 18.9 Å². The summed E-state index contributed by atoms with van der Waals surface area (Å²) in [5, 5.41) is 10.5. The van der Waals surface area contributed by atoms with Crippen LogP contribution in [0.1, 0.15) is 12.0 Å². The lowest BCUT2D eigenvalue weighted by Gasteiger charge is -2.23. The number of likely N-dealkylation sites (N-methyl/N-ethyl adjacent to an activating group) is 1. The SMILES string of the molecule is CNS(=O)(=O)Nc1ccc(OCC(=O)N(C)CCc2ccccc2N2CC[C@H](O)C2)c2cccnc12. The van der Waals surface area contributed by atoms with E-state index in [0.717, 1.165) is 24.2 Å². The first-order valence-electron chi connectivity index (χ1n) is 11.7. The minimum absolute atomic E-state index is 0.165. The third-order valence-corrected chi connectivity index (χ3v) is 7.26. The first-order chi connectivity index (χ1) is 17.3. The number of aromatic nitrogens is 1. The van der Waals surface area contributed by atoms with E-state index in [1.165, 1.54) is 7.05 Å². The molecule has 1 aromatic heterocycles. The van der Waals surface area contributed by atoms with Crippen LogP contribution in [0.3, 0.4) is 0 Å². The van der Waals surface area contributed by atoms with Crippen molar-refractivity contribution in [2.75, 3.05) is 50.0 Å². The zero-order valence-corrected chi connectivity index (χ0v) is 21.2. The number of fused-ring (bicyclic) bond motifs is 1. The Hall–Kier alpha value is -3.41. The van der Waals surface area contributed by atoms with E-state index in [0.29, 0.717) is 41.9 Å². The molecule has 3 aromatic rings. The number of aliphatic hydroxyl groups excluding tert-OH is 1. The molecule has 4 rings (SSSR count). The zero-order valence-electron chi connectivity index (χ0n) is 20.3. The van der Waals surface area contributed by atoms with Gasteiger partial charge in [-0.25, -0.2) is 4.72 Å². The number of nitrogens with one attached hydrogen (secondary N) is 2. The number of ether oxygens (including phenoxy) is 1. The normalized spacial score (nSPS) is 15.8. The maximum absolute atomic E-state index is 12.8. The fourth-order valence-corrected chi connectivity index (χ4v) is 4.76. The number of pyridine rings is 1. The summed E-state index contributed by atoms with van der Waals surface area (Å²) in [6.45, 7) is 1.79. The zero-order chi connectivity index (χ0) is 25.7. The second kappa shape index (κ2) is 11.1. The van der Waals surface area contributed by atoms with Gasteiger partial charge in [0.2, 0.25) is 0 Å². The third kappa shape index (κ3) is 6.04. The quantitative estimate of drug-likeness (QED) is 0.377. The van der Waals surface area contributed by atoms with E-state index < -0.39 is 10.2 Å². The molecular formula is C25H31N5O5S. The van der Waals surface area contributed by atoms with Crippen molar-refractivity contribution in [3.05, 3.63) is 60.3 Å². The third-order valence-electron chi connectivity index (χ3n) is 6.23. The van der Waals surface area contributed by atoms with E-state index in [2.05, 4.69) is 31.5 Å². The summed E-state index contributed by atoms with van der Waals surface area (Å²) < 4.78 is 34.3. The van der Waals surface area contributed by atoms with Gasteiger partial charge in [0.15, 0.2) is 6.61 Å². The van der Waals surface area contributed by atoms with Crippen LogP contribution < -0.4 is 19.1 Å². The molecule has 1 fully saturated rings. The summed E-state index contributed by atoms with van der Waals surface area (Å²) in [4.78, 5) is 20.9. The van der Waals surface area contributed by atoms with Crippen molar-refractivity contribution in [3.8, 4) is 5.75 Å². The van der Waals surface area contributed by atoms with Gasteiger partial charge in [0.1, 0.15) is 5.75 Å². The van der Waals surface area contributed by atoms with Gasteiger partial charge < -0.3 is 19.6 Å². The number of benzene rings is 2. The molecule has 10 nitrogen and oxygen atoms in total. The molecule has 0 radical (unpaired) electrons. The van der Waals surface area contributed by atoms with Gasteiger partial charge in [0, 0.05) is 51.0 Å². The van der Waals surface area contributed by atoms with Crippen molar-refractivity contribution in [1.29, 1.82) is 0 Å². The Morgan fingerprint density at radius 1 is 1.22 bits per heavy atom. The minimum atomic E-state index is -3.71. The van der Waals surface area contributed by atoms with Crippen LogP contribution in [0.2, 0.25) is 0 Å². The average Bonchev–Trinajstić information content (AvgIpc) is 3.32. The van der Waals surface area contributed by atoms with Crippen molar-refractivity contribution in [2.24, 2.45) is 0 Å². The highest BCUT2D eigenvalue weighted by Gasteiger charge is 2.22. The molecule has 36 heavy (non-hydrogen) atoms. The van der Waals surface area contributed by atoms with Gasteiger partial charge >= 0.3 is 0 Å². The summed E-state index contributed by atoms with van der Waals surface area (Å²) in [5.41, 5.74) is 2.95. The number of rotatable bonds is 10. The van der Waals surface area contributed by atoms with Crippen molar-refractivity contribution >= 4 is 38.4 Å². The topological polar surface area (TPSA) is 124 Å². The van der Waals surface area contributed by atoms with E-state index in [9.17, 15) is 18.3 Å². The fraction of sp³-hybridized carbons (Fsp3) is 0.360. The average molecular weight is 514 g/mol. The molecule has 2 heterocycles. The number of aliphatic hydroxyl groups is 1. The summed E-state index contributed by atoms with van der Waals surface area (Å²) in [5.74, 6) is 0.256. The molecule has 0 aliphatic carbocycles. The first-order valence-corrected chi connectivity index (χ1v) is 13.2. The fourth-order valence-electron chi connectivity index (χ4n) is 4.20. The minimum Gasteiger partial charge on any atom is -0.483 e. The number of carbonyl (C=O) groups excluding carboxylic acids is 1. The second-order valence-corrected chi connectivity index (χ2v) is 10.3. The summed E-state index contributed by atoms with van der Waals surface area (Å²) in [6.07, 6.45) is 2.70. The van der Waals surface area contributed by atoms with E-state index in [-0.39, 0.29) is 18.6 Å². The molecule has 1 amide bonds. The maximum atomic E-state index is 12.8.